The molecule has 10 nitrogen and oxygen atoms in total. The molecule has 0 saturated carbocycles. The van der Waals surface area contributed by atoms with Crippen LogP contribution in [-0.2, 0) is 23.9 Å². The average molecular weight is 472 g/mol. The van der Waals surface area contributed by atoms with Crippen LogP contribution in [0.5, 0.6) is 11.5 Å². The molecule has 0 spiro atoms. The van der Waals surface area contributed by atoms with E-state index in [2.05, 4.69) is 5.32 Å². The summed E-state index contributed by atoms with van der Waals surface area (Å²) < 4.78 is 35.8. The van der Waals surface area contributed by atoms with Gasteiger partial charge in [0.15, 0.2) is 0 Å². The van der Waals surface area contributed by atoms with Gasteiger partial charge in [-0.25, -0.2) is 0 Å². The lowest BCUT2D eigenvalue weighted by Crippen LogP contribution is -2.54. The number of aryl methyl sites for hydroxylation is 1. The van der Waals surface area contributed by atoms with Crippen LogP contribution in [0.4, 0.5) is 0 Å². The molecule has 0 radical (unpaired) electrons. The van der Waals surface area contributed by atoms with Gasteiger partial charge in [0.25, 0.3) is 11.8 Å². The van der Waals surface area contributed by atoms with Gasteiger partial charge in [-0.15, -0.1) is 0 Å². The van der Waals surface area contributed by atoms with E-state index in [0.717, 1.165) is 4.90 Å². The van der Waals surface area contributed by atoms with Crippen LogP contribution in [-0.4, -0.2) is 49.6 Å². The van der Waals surface area contributed by atoms with E-state index < -0.39 is 39.8 Å². The Morgan fingerprint density at radius 1 is 1.06 bits per heavy atom. The van der Waals surface area contributed by atoms with Crippen LogP contribution in [0.3, 0.4) is 0 Å². The number of benzene rings is 2. The van der Waals surface area contributed by atoms with Gasteiger partial charge < -0.3 is 4.74 Å². The number of nitrogens with zero attached hydrogens (tertiary/aromatic N) is 1. The smallest absolute Gasteiger partial charge is 0.300 e. The van der Waals surface area contributed by atoms with Crippen LogP contribution in [0.15, 0.2) is 41.3 Å². The first-order valence-corrected chi connectivity index (χ1v) is 11.6. The highest BCUT2D eigenvalue weighted by molar-refractivity contribution is 7.86. The number of carbonyl (C=O) groups excluding carboxylic acids is 4. The first-order chi connectivity index (χ1) is 15.6. The molecule has 1 N–H and O–H groups in total. The summed E-state index contributed by atoms with van der Waals surface area (Å²) in [5.74, 6) is -2.77. The quantitative estimate of drug-likeness (QED) is 0.497. The molecular formula is C22H20N2O8S. The molecule has 1 unspecified atom stereocenters. The van der Waals surface area contributed by atoms with Crippen LogP contribution >= 0.6 is 0 Å². The lowest BCUT2D eigenvalue weighted by Gasteiger charge is -2.27. The third-order valence-electron chi connectivity index (χ3n) is 5.29. The number of carbonyl (C=O) groups is 4. The molecule has 4 rings (SSSR count). The molecule has 33 heavy (non-hydrogen) atoms. The Balaban J connectivity index is 1.74. The minimum atomic E-state index is -4.13. The summed E-state index contributed by atoms with van der Waals surface area (Å²) in [7, 11) is -4.13. The maximum Gasteiger partial charge on any atom is 0.300 e. The van der Waals surface area contributed by atoms with Gasteiger partial charge in [-0.3, -0.25) is 33.6 Å². The number of imide groups is 2. The van der Waals surface area contributed by atoms with E-state index in [1.54, 1.807) is 13.0 Å². The Labute approximate surface area is 189 Å². The van der Waals surface area contributed by atoms with Crippen molar-refractivity contribution in [2.75, 3.05) is 6.61 Å². The summed E-state index contributed by atoms with van der Waals surface area (Å²) in [5.41, 5.74) is 0.623. The lowest BCUT2D eigenvalue weighted by atomic mass is 10.0. The first-order valence-electron chi connectivity index (χ1n) is 10.2. The van der Waals surface area contributed by atoms with Crippen molar-refractivity contribution in [3.63, 3.8) is 0 Å². The van der Waals surface area contributed by atoms with E-state index in [-0.39, 0.29) is 47.0 Å². The zero-order chi connectivity index (χ0) is 23.9. The molecule has 0 bridgehead atoms. The second kappa shape index (κ2) is 8.41. The second-order valence-electron chi connectivity index (χ2n) is 7.54. The third kappa shape index (κ3) is 4.00. The van der Waals surface area contributed by atoms with Crippen molar-refractivity contribution in [1.29, 1.82) is 0 Å². The molecular weight excluding hydrogens is 452 g/mol. The maximum atomic E-state index is 13.2. The molecule has 172 valence electrons. The minimum Gasteiger partial charge on any atom is -0.455 e. The number of piperidine rings is 1. The molecule has 1 atom stereocenters. The Morgan fingerprint density at radius 3 is 2.52 bits per heavy atom. The Morgan fingerprint density at radius 2 is 1.82 bits per heavy atom. The summed E-state index contributed by atoms with van der Waals surface area (Å²) in [6.45, 7) is 3.19. The summed E-state index contributed by atoms with van der Waals surface area (Å²) >= 11 is 0. The minimum absolute atomic E-state index is 0.00485. The van der Waals surface area contributed by atoms with Gasteiger partial charge >= 0.3 is 10.1 Å². The van der Waals surface area contributed by atoms with E-state index in [1.807, 2.05) is 0 Å². The van der Waals surface area contributed by atoms with Gasteiger partial charge in [-0.05, 0) is 50.1 Å². The third-order valence-corrected chi connectivity index (χ3v) is 6.71. The summed E-state index contributed by atoms with van der Waals surface area (Å²) in [4.78, 5) is 50.5. The maximum absolute atomic E-state index is 13.2. The fraction of sp³-hybridized carbons (Fsp3) is 0.273. The molecule has 1 fully saturated rings. The predicted molar refractivity (Wildman–Crippen MR) is 113 cm³/mol. The molecule has 0 aliphatic carbocycles. The van der Waals surface area contributed by atoms with E-state index in [9.17, 15) is 27.6 Å². The monoisotopic (exact) mass is 472 g/mol. The summed E-state index contributed by atoms with van der Waals surface area (Å²) in [5, 5.41) is 2.14. The van der Waals surface area contributed by atoms with Gasteiger partial charge in [0, 0.05) is 6.42 Å². The molecule has 1 saturated heterocycles. The van der Waals surface area contributed by atoms with Crippen LogP contribution in [0.25, 0.3) is 0 Å². The topological polar surface area (TPSA) is 136 Å². The lowest BCUT2D eigenvalue weighted by molar-refractivity contribution is -0.136. The summed E-state index contributed by atoms with van der Waals surface area (Å²) in [6, 6.07) is 7.59. The second-order valence-corrected chi connectivity index (χ2v) is 9.12. The predicted octanol–water partition coefficient (Wildman–Crippen LogP) is 1.91. The zero-order valence-corrected chi connectivity index (χ0v) is 18.6. The number of amides is 4. The van der Waals surface area contributed by atoms with Gasteiger partial charge in [0.2, 0.25) is 11.8 Å². The normalized spacial score (nSPS) is 18.4. The van der Waals surface area contributed by atoms with Crippen LogP contribution in [0, 0.1) is 6.92 Å². The zero-order valence-electron chi connectivity index (χ0n) is 17.8. The van der Waals surface area contributed by atoms with E-state index >= 15 is 0 Å². The molecule has 11 heteroatoms. The molecule has 2 aromatic carbocycles. The number of hydrogen-bond acceptors (Lipinski definition) is 8. The number of ether oxygens (including phenoxy) is 1. The van der Waals surface area contributed by atoms with Gasteiger partial charge in [0.1, 0.15) is 22.4 Å². The van der Waals surface area contributed by atoms with Crippen molar-refractivity contribution in [1.82, 2.24) is 10.2 Å². The van der Waals surface area contributed by atoms with Crippen LogP contribution in [0.1, 0.15) is 46.0 Å². The fourth-order valence-electron chi connectivity index (χ4n) is 3.81. The molecule has 4 amide bonds. The number of nitrogens with one attached hydrogen (secondary N) is 1. The number of rotatable bonds is 6. The van der Waals surface area contributed by atoms with Crippen molar-refractivity contribution in [3.05, 3.63) is 53.1 Å². The number of hydrogen-bond donors (Lipinski definition) is 1. The van der Waals surface area contributed by atoms with E-state index in [4.69, 9.17) is 8.92 Å². The molecule has 2 heterocycles. The van der Waals surface area contributed by atoms with Crippen molar-refractivity contribution in [2.45, 2.75) is 37.6 Å². The van der Waals surface area contributed by atoms with Gasteiger partial charge in [0.05, 0.1) is 17.7 Å². The van der Waals surface area contributed by atoms with Crippen molar-refractivity contribution in [2.24, 2.45) is 0 Å². The summed E-state index contributed by atoms with van der Waals surface area (Å²) in [6.07, 6.45) is 0.00998. The molecule has 2 aromatic rings. The molecule has 2 aliphatic heterocycles. The van der Waals surface area contributed by atoms with Gasteiger partial charge in [-0.1, -0.05) is 12.1 Å². The number of fused-ring (bicyclic) bond motifs is 1. The largest absolute Gasteiger partial charge is 0.455 e. The van der Waals surface area contributed by atoms with E-state index in [1.165, 1.54) is 37.3 Å². The first kappa shape index (κ1) is 22.6. The highest BCUT2D eigenvalue weighted by Crippen LogP contribution is 2.38. The van der Waals surface area contributed by atoms with Crippen LogP contribution in [0.2, 0.25) is 0 Å². The van der Waals surface area contributed by atoms with E-state index in [0.29, 0.717) is 5.56 Å². The Kier molecular flexibility index (Phi) is 5.76. The average Bonchev–Trinajstić information content (AvgIpc) is 2.99. The van der Waals surface area contributed by atoms with Gasteiger partial charge in [-0.2, -0.15) is 8.42 Å². The standard InChI is InChI=1S/C22H20N2O8S/c1-3-31-33(29,30)17-9-7-12(2)11-16(17)32-15-6-4-5-13-19(15)22(28)24(21(13)27)14-8-10-18(25)23-20(14)26/h4-7,9,11,14H,3,8,10H2,1-2H3,(H,23,25,26). The van der Waals surface area contributed by atoms with Crippen molar-refractivity contribution in [3.8, 4) is 11.5 Å². The Hall–Kier alpha value is -3.57. The highest BCUT2D eigenvalue weighted by atomic mass is 32.2. The van der Waals surface area contributed by atoms with Crippen LogP contribution < -0.4 is 10.1 Å². The Bertz CT molecular complexity index is 1300. The van der Waals surface area contributed by atoms with Crippen molar-refractivity contribution >= 4 is 33.7 Å². The molecule has 0 aromatic heterocycles. The SMILES string of the molecule is CCOS(=O)(=O)c1ccc(C)cc1Oc1cccc2c1C(=O)N(C1CCC(=O)NC1=O)C2=O. The van der Waals surface area contributed by atoms with Crippen molar-refractivity contribution < 1.29 is 36.5 Å². The fourth-order valence-corrected chi connectivity index (χ4v) is 4.83. The molecule has 2 aliphatic rings. The highest BCUT2D eigenvalue weighted by Gasteiger charge is 2.46.